The third kappa shape index (κ3) is 6.86. The molecule has 2 aromatic rings. The second kappa shape index (κ2) is 12.2. The zero-order valence-electron chi connectivity index (χ0n) is 20.3. The summed E-state index contributed by atoms with van der Waals surface area (Å²) in [6, 6.07) is 15.6. The summed E-state index contributed by atoms with van der Waals surface area (Å²) in [5.41, 5.74) is 2.62. The number of thioether (sulfide) groups is 1. The summed E-state index contributed by atoms with van der Waals surface area (Å²) >= 11 is 1.78. The summed E-state index contributed by atoms with van der Waals surface area (Å²) in [6.45, 7) is 4.10. The third-order valence-corrected chi connectivity index (χ3v) is 7.63. The summed E-state index contributed by atoms with van der Waals surface area (Å²) in [4.78, 5) is 42.5. The summed E-state index contributed by atoms with van der Waals surface area (Å²) in [5, 5.41) is 5.47. The van der Waals surface area contributed by atoms with E-state index in [0.29, 0.717) is 31.1 Å². The number of likely N-dealkylation sites (tertiary alicyclic amines) is 1. The van der Waals surface area contributed by atoms with Crippen LogP contribution in [-0.2, 0) is 20.9 Å². The van der Waals surface area contributed by atoms with Crippen molar-refractivity contribution in [1.29, 1.82) is 0 Å². The van der Waals surface area contributed by atoms with Crippen LogP contribution in [0.3, 0.4) is 0 Å². The Balaban J connectivity index is 1.21. The molecule has 35 heavy (non-hydrogen) atoms. The van der Waals surface area contributed by atoms with Gasteiger partial charge in [0.05, 0.1) is 0 Å². The van der Waals surface area contributed by atoms with Crippen molar-refractivity contribution >= 4 is 40.9 Å². The fourth-order valence-corrected chi connectivity index (χ4v) is 5.37. The number of hydrogen-bond donors (Lipinski definition) is 2. The second-order valence-electron chi connectivity index (χ2n) is 9.25. The number of piperidine rings is 2. The number of carbonyl (C=O) groups is 3. The Kier molecular flexibility index (Phi) is 8.82. The predicted molar refractivity (Wildman–Crippen MR) is 141 cm³/mol. The lowest BCUT2D eigenvalue weighted by atomic mass is 9.96. The number of hydrogen-bond acceptors (Lipinski definition) is 5. The van der Waals surface area contributed by atoms with Crippen molar-refractivity contribution in [1.82, 2.24) is 10.2 Å². The van der Waals surface area contributed by atoms with Crippen LogP contribution in [0, 0.1) is 5.92 Å². The topological polar surface area (TPSA) is 81.8 Å². The smallest absolute Gasteiger partial charge is 0.313 e. The van der Waals surface area contributed by atoms with E-state index in [-0.39, 0.29) is 5.91 Å². The molecular weight excluding hydrogens is 460 g/mol. The zero-order valence-corrected chi connectivity index (χ0v) is 21.1. The number of benzene rings is 2. The van der Waals surface area contributed by atoms with Crippen molar-refractivity contribution in [2.45, 2.75) is 43.5 Å². The Hall–Kier alpha value is -2.84. The molecule has 2 saturated heterocycles. The van der Waals surface area contributed by atoms with Gasteiger partial charge >= 0.3 is 11.8 Å². The van der Waals surface area contributed by atoms with Gasteiger partial charge in [-0.2, -0.15) is 0 Å². The fourth-order valence-electron chi connectivity index (χ4n) is 4.76. The number of nitrogens with one attached hydrogen (secondary N) is 2. The molecule has 2 aliphatic heterocycles. The monoisotopic (exact) mass is 494 g/mol. The molecule has 3 amide bonds. The first kappa shape index (κ1) is 25.3. The normalized spacial score (nSPS) is 17.3. The summed E-state index contributed by atoms with van der Waals surface area (Å²) in [7, 11) is 0. The van der Waals surface area contributed by atoms with Gasteiger partial charge in [0, 0.05) is 42.3 Å². The molecule has 0 unspecified atom stereocenters. The molecule has 2 fully saturated rings. The van der Waals surface area contributed by atoms with Gasteiger partial charge in [0.1, 0.15) is 0 Å². The van der Waals surface area contributed by atoms with Crippen molar-refractivity contribution in [3.8, 4) is 0 Å². The molecule has 186 valence electrons. The second-order valence-corrected chi connectivity index (χ2v) is 10.1. The van der Waals surface area contributed by atoms with E-state index in [2.05, 4.69) is 46.1 Å². The highest BCUT2D eigenvalue weighted by atomic mass is 32.2. The molecular formula is C27H34N4O3S. The van der Waals surface area contributed by atoms with Crippen molar-refractivity contribution in [3.05, 3.63) is 54.1 Å². The molecule has 0 aromatic heterocycles. The molecule has 2 aliphatic rings. The van der Waals surface area contributed by atoms with Crippen LogP contribution < -0.4 is 15.5 Å². The third-order valence-electron chi connectivity index (χ3n) is 6.79. The SMILES string of the molecule is CSc1ccccc1CN1CCC(CNC(=O)C(=O)Nc2cccc(N3CCCCC3=O)c2)CC1. The van der Waals surface area contributed by atoms with E-state index in [4.69, 9.17) is 0 Å². The van der Waals surface area contributed by atoms with E-state index in [9.17, 15) is 14.4 Å². The van der Waals surface area contributed by atoms with Crippen molar-refractivity contribution in [2.75, 3.05) is 42.7 Å². The van der Waals surface area contributed by atoms with Crippen molar-refractivity contribution in [3.63, 3.8) is 0 Å². The number of nitrogens with zero attached hydrogens (tertiary/aromatic N) is 2. The number of rotatable bonds is 7. The first-order chi connectivity index (χ1) is 17.0. The van der Waals surface area contributed by atoms with Gasteiger partial charge in [-0.15, -0.1) is 11.8 Å². The van der Waals surface area contributed by atoms with Crippen molar-refractivity contribution in [2.24, 2.45) is 5.92 Å². The standard InChI is InChI=1S/C27H34N4O3S/c1-35-24-10-3-2-7-21(24)19-30-15-12-20(13-16-30)18-28-26(33)27(34)29-22-8-6-9-23(17-22)31-14-5-4-11-25(31)32/h2-3,6-10,17,20H,4-5,11-16,18-19H2,1H3,(H,28,33)(H,29,34). The van der Waals surface area contributed by atoms with Crippen LogP contribution in [0.1, 0.15) is 37.7 Å². The fraction of sp³-hybridized carbons (Fsp3) is 0.444. The van der Waals surface area contributed by atoms with E-state index < -0.39 is 11.8 Å². The molecule has 4 rings (SSSR count). The van der Waals surface area contributed by atoms with Gasteiger partial charge in [0.25, 0.3) is 0 Å². The van der Waals surface area contributed by atoms with Crippen LogP contribution in [0.2, 0.25) is 0 Å². The van der Waals surface area contributed by atoms with E-state index in [1.165, 1.54) is 10.5 Å². The van der Waals surface area contributed by atoms with E-state index in [1.807, 2.05) is 6.07 Å². The zero-order chi connectivity index (χ0) is 24.6. The van der Waals surface area contributed by atoms with Gasteiger partial charge in [0.2, 0.25) is 5.91 Å². The minimum atomic E-state index is -0.682. The quantitative estimate of drug-likeness (QED) is 0.451. The molecule has 2 N–H and O–H groups in total. The molecule has 0 bridgehead atoms. The Morgan fingerprint density at radius 1 is 1.00 bits per heavy atom. The Bertz CT molecular complexity index is 1050. The van der Waals surface area contributed by atoms with E-state index >= 15 is 0 Å². The lowest BCUT2D eigenvalue weighted by Crippen LogP contribution is -2.41. The minimum absolute atomic E-state index is 0.0944. The maximum absolute atomic E-state index is 12.4. The van der Waals surface area contributed by atoms with Gasteiger partial charge in [-0.05, 0) is 80.8 Å². The average Bonchev–Trinajstić information content (AvgIpc) is 2.89. The van der Waals surface area contributed by atoms with Crippen LogP contribution in [0.25, 0.3) is 0 Å². The summed E-state index contributed by atoms with van der Waals surface area (Å²) < 4.78 is 0. The maximum atomic E-state index is 12.4. The van der Waals surface area contributed by atoms with E-state index in [1.54, 1.807) is 34.9 Å². The Labute approximate surface area is 211 Å². The van der Waals surface area contributed by atoms with Crippen LogP contribution in [-0.4, -0.2) is 55.1 Å². The molecule has 0 spiro atoms. The molecule has 0 aliphatic carbocycles. The molecule has 7 nitrogen and oxygen atoms in total. The van der Waals surface area contributed by atoms with E-state index in [0.717, 1.165) is 51.0 Å². The predicted octanol–water partition coefficient (Wildman–Crippen LogP) is 3.89. The first-order valence-electron chi connectivity index (χ1n) is 12.4. The van der Waals surface area contributed by atoms with Crippen LogP contribution in [0.5, 0.6) is 0 Å². The number of carbonyl (C=O) groups excluding carboxylic acids is 3. The maximum Gasteiger partial charge on any atom is 0.313 e. The molecule has 0 atom stereocenters. The van der Waals surface area contributed by atoms with Gasteiger partial charge in [-0.3, -0.25) is 19.3 Å². The average molecular weight is 495 g/mol. The molecule has 0 saturated carbocycles. The lowest BCUT2D eigenvalue weighted by Gasteiger charge is -2.32. The van der Waals surface area contributed by atoms with Gasteiger partial charge in [0.15, 0.2) is 0 Å². The highest BCUT2D eigenvalue weighted by molar-refractivity contribution is 7.98. The van der Waals surface area contributed by atoms with Crippen LogP contribution >= 0.6 is 11.8 Å². The number of amides is 3. The molecule has 0 radical (unpaired) electrons. The summed E-state index contributed by atoms with van der Waals surface area (Å²) in [6.07, 6.45) is 6.52. The van der Waals surface area contributed by atoms with Gasteiger partial charge < -0.3 is 15.5 Å². The van der Waals surface area contributed by atoms with Crippen LogP contribution in [0.4, 0.5) is 11.4 Å². The highest BCUT2D eigenvalue weighted by Crippen LogP contribution is 2.25. The minimum Gasteiger partial charge on any atom is -0.348 e. The van der Waals surface area contributed by atoms with Crippen LogP contribution in [0.15, 0.2) is 53.4 Å². The molecule has 2 aromatic carbocycles. The largest absolute Gasteiger partial charge is 0.348 e. The Morgan fingerprint density at radius 2 is 1.80 bits per heavy atom. The first-order valence-corrected chi connectivity index (χ1v) is 13.6. The Morgan fingerprint density at radius 3 is 2.57 bits per heavy atom. The number of anilines is 2. The molecule has 2 heterocycles. The van der Waals surface area contributed by atoms with Gasteiger partial charge in [-0.1, -0.05) is 24.3 Å². The van der Waals surface area contributed by atoms with Crippen molar-refractivity contribution < 1.29 is 14.4 Å². The van der Waals surface area contributed by atoms with Gasteiger partial charge in [-0.25, -0.2) is 0 Å². The lowest BCUT2D eigenvalue weighted by molar-refractivity contribution is -0.136. The summed E-state index contributed by atoms with van der Waals surface area (Å²) in [5.74, 6) is -0.844. The highest BCUT2D eigenvalue weighted by Gasteiger charge is 2.23. The molecule has 8 heteroatoms.